The van der Waals surface area contributed by atoms with Gasteiger partial charge in [-0.25, -0.2) is 4.98 Å². The molecule has 3 rings (SSSR count). The lowest BCUT2D eigenvalue weighted by atomic mass is 10.2. The second-order valence-electron chi connectivity index (χ2n) is 5.41. The average Bonchev–Trinajstić information content (AvgIpc) is 3.37. The highest BCUT2D eigenvalue weighted by Crippen LogP contribution is 2.19. The Bertz CT molecular complexity index is 562. The van der Waals surface area contributed by atoms with Crippen LogP contribution >= 0.6 is 0 Å². The third-order valence-corrected chi connectivity index (χ3v) is 3.63. The van der Waals surface area contributed by atoms with E-state index in [2.05, 4.69) is 33.8 Å². The van der Waals surface area contributed by atoms with Crippen LogP contribution in [0.15, 0.2) is 42.6 Å². The molecular formula is C17H21N3O. The van der Waals surface area contributed by atoms with Crippen molar-refractivity contribution in [2.24, 2.45) is 0 Å². The van der Waals surface area contributed by atoms with E-state index in [-0.39, 0.29) is 0 Å². The van der Waals surface area contributed by atoms with Crippen molar-refractivity contribution in [3.63, 3.8) is 0 Å². The van der Waals surface area contributed by atoms with Crippen LogP contribution in [0.5, 0.6) is 5.75 Å². The largest absolute Gasteiger partial charge is 0.497 e. The number of methoxy groups -OCH3 is 1. The number of hydrogen-bond acceptors (Lipinski definition) is 4. The van der Waals surface area contributed by atoms with Gasteiger partial charge in [0.05, 0.1) is 7.11 Å². The SMILES string of the molecule is COc1ccc(CNc2ccc(CNC3CC3)cn2)cc1. The van der Waals surface area contributed by atoms with Crippen LogP contribution < -0.4 is 15.4 Å². The standard InChI is InChI=1S/C17H21N3O/c1-21-16-7-2-13(3-8-16)10-19-17-9-4-14(12-20-17)11-18-15-5-6-15/h2-4,7-9,12,15,18H,5-6,10-11H2,1H3,(H,19,20). The molecule has 2 N–H and O–H groups in total. The molecule has 0 unspecified atom stereocenters. The van der Waals surface area contributed by atoms with Gasteiger partial charge in [-0.3, -0.25) is 0 Å². The van der Waals surface area contributed by atoms with Crippen LogP contribution in [0.1, 0.15) is 24.0 Å². The molecule has 4 nitrogen and oxygen atoms in total. The summed E-state index contributed by atoms with van der Waals surface area (Å²) >= 11 is 0. The van der Waals surface area contributed by atoms with Gasteiger partial charge in [0.15, 0.2) is 0 Å². The van der Waals surface area contributed by atoms with E-state index in [1.54, 1.807) is 7.11 Å². The zero-order chi connectivity index (χ0) is 14.5. The Morgan fingerprint density at radius 1 is 1.05 bits per heavy atom. The summed E-state index contributed by atoms with van der Waals surface area (Å²) in [7, 11) is 1.68. The first-order valence-electron chi connectivity index (χ1n) is 7.38. The third-order valence-electron chi connectivity index (χ3n) is 3.63. The Balaban J connectivity index is 1.49. The molecule has 1 fully saturated rings. The molecule has 0 saturated heterocycles. The molecule has 1 aromatic heterocycles. The number of rotatable bonds is 7. The van der Waals surface area contributed by atoms with Gasteiger partial charge >= 0.3 is 0 Å². The highest BCUT2D eigenvalue weighted by molar-refractivity contribution is 5.37. The predicted octanol–water partition coefficient (Wildman–Crippen LogP) is 2.95. The molecule has 0 amide bonds. The number of anilines is 1. The Labute approximate surface area is 125 Å². The second-order valence-corrected chi connectivity index (χ2v) is 5.41. The molecule has 0 aliphatic heterocycles. The first-order valence-corrected chi connectivity index (χ1v) is 7.38. The number of aromatic nitrogens is 1. The molecule has 1 saturated carbocycles. The third kappa shape index (κ3) is 4.20. The summed E-state index contributed by atoms with van der Waals surface area (Å²) in [4.78, 5) is 4.45. The molecule has 1 aromatic carbocycles. The molecule has 1 aliphatic rings. The van der Waals surface area contributed by atoms with Crippen molar-refractivity contribution in [3.05, 3.63) is 53.7 Å². The summed E-state index contributed by atoms with van der Waals surface area (Å²) in [5, 5.41) is 6.82. The molecule has 0 atom stereocenters. The van der Waals surface area contributed by atoms with Gasteiger partial charge in [0, 0.05) is 25.3 Å². The van der Waals surface area contributed by atoms with E-state index in [4.69, 9.17) is 4.74 Å². The molecule has 4 heteroatoms. The van der Waals surface area contributed by atoms with Crippen LogP contribution in [0.3, 0.4) is 0 Å². The van der Waals surface area contributed by atoms with Crippen molar-refractivity contribution in [1.29, 1.82) is 0 Å². The first kappa shape index (κ1) is 13.9. The fourth-order valence-corrected chi connectivity index (χ4v) is 2.12. The van der Waals surface area contributed by atoms with Crippen LogP contribution in [0.25, 0.3) is 0 Å². The van der Waals surface area contributed by atoms with Gasteiger partial charge in [-0.1, -0.05) is 18.2 Å². The number of pyridine rings is 1. The molecule has 1 aliphatic carbocycles. The Hall–Kier alpha value is -2.07. The smallest absolute Gasteiger partial charge is 0.126 e. The van der Waals surface area contributed by atoms with Gasteiger partial charge in [-0.2, -0.15) is 0 Å². The van der Waals surface area contributed by atoms with Crippen LogP contribution in [0.2, 0.25) is 0 Å². The van der Waals surface area contributed by atoms with E-state index in [0.717, 1.165) is 30.7 Å². The second kappa shape index (κ2) is 6.59. The lowest BCUT2D eigenvalue weighted by molar-refractivity contribution is 0.414. The van der Waals surface area contributed by atoms with E-state index in [1.807, 2.05) is 24.4 Å². The predicted molar refractivity (Wildman–Crippen MR) is 84.4 cm³/mol. The minimum absolute atomic E-state index is 0.734. The van der Waals surface area contributed by atoms with Gasteiger partial charge in [-0.05, 0) is 42.2 Å². The fourth-order valence-electron chi connectivity index (χ4n) is 2.12. The number of nitrogens with one attached hydrogen (secondary N) is 2. The van der Waals surface area contributed by atoms with Crippen LogP contribution in [-0.2, 0) is 13.1 Å². The van der Waals surface area contributed by atoms with Crippen molar-refractivity contribution in [3.8, 4) is 5.75 Å². The Morgan fingerprint density at radius 3 is 2.43 bits per heavy atom. The van der Waals surface area contributed by atoms with Gasteiger partial charge < -0.3 is 15.4 Å². The van der Waals surface area contributed by atoms with Crippen molar-refractivity contribution in [1.82, 2.24) is 10.3 Å². The van der Waals surface area contributed by atoms with Crippen LogP contribution in [-0.4, -0.2) is 18.1 Å². The van der Waals surface area contributed by atoms with E-state index in [0.29, 0.717) is 0 Å². The molecular weight excluding hydrogens is 262 g/mol. The number of ether oxygens (including phenoxy) is 1. The normalized spacial score (nSPS) is 14.0. The lowest BCUT2D eigenvalue weighted by Crippen LogP contribution is -2.15. The lowest BCUT2D eigenvalue weighted by Gasteiger charge is -2.08. The maximum Gasteiger partial charge on any atom is 0.126 e. The van der Waals surface area contributed by atoms with Crippen molar-refractivity contribution in [2.75, 3.05) is 12.4 Å². The number of nitrogens with zero attached hydrogens (tertiary/aromatic N) is 1. The highest BCUT2D eigenvalue weighted by atomic mass is 16.5. The van der Waals surface area contributed by atoms with Crippen LogP contribution in [0.4, 0.5) is 5.82 Å². The molecule has 21 heavy (non-hydrogen) atoms. The average molecular weight is 283 g/mol. The maximum absolute atomic E-state index is 5.15. The summed E-state index contributed by atoms with van der Waals surface area (Å²) in [5.41, 5.74) is 2.44. The van der Waals surface area contributed by atoms with Crippen molar-refractivity contribution in [2.45, 2.75) is 32.0 Å². The molecule has 1 heterocycles. The van der Waals surface area contributed by atoms with Gasteiger partial charge in [0.25, 0.3) is 0 Å². The molecule has 0 radical (unpaired) electrons. The maximum atomic E-state index is 5.15. The van der Waals surface area contributed by atoms with Gasteiger partial charge in [0.2, 0.25) is 0 Å². The summed E-state index contributed by atoms with van der Waals surface area (Å²) in [6.45, 7) is 1.67. The summed E-state index contributed by atoms with van der Waals surface area (Å²) < 4.78 is 5.15. The molecule has 0 bridgehead atoms. The minimum Gasteiger partial charge on any atom is -0.497 e. The number of hydrogen-bond donors (Lipinski definition) is 2. The topological polar surface area (TPSA) is 46.2 Å². The molecule has 2 aromatic rings. The Morgan fingerprint density at radius 2 is 1.81 bits per heavy atom. The van der Waals surface area contributed by atoms with Crippen LogP contribution in [0, 0.1) is 0 Å². The minimum atomic E-state index is 0.734. The zero-order valence-electron chi connectivity index (χ0n) is 12.3. The van der Waals surface area contributed by atoms with Crippen molar-refractivity contribution < 1.29 is 4.74 Å². The van der Waals surface area contributed by atoms with E-state index >= 15 is 0 Å². The van der Waals surface area contributed by atoms with Crippen molar-refractivity contribution >= 4 is 5.82 Å². The van der Waals surface area contributed by atoms with E-state index in [1.165, 1.54) is 24.0 Å². The molecule has 110 valence electrons. The quantitative estimate of drug-likeness (QED) is 0.820. The van der Waals surface area contributed by atoms with E-state index < -0.39 is 0 Å². The highest BCUT2D eigenvalue weighted by Gasteiger charge is 2.19. The molecule has 0 spiro atoms. The van der Waals surface area contributed by atoms with E-state index in [9.17, 15) is 0 Å². The fraction of sp³-hybridized carbons (Fsp3) is 0.353. The summed E-state index contributed by atoms with van der Waals surface area (Å²) in [6, 6.07) is 12.9. The summed E-state index contributed by atoms with van der Waals surface area (Å²) in [5.74, 6) is 1.78. The first-order chi connectivity index (χ1) is 10.3. The Kier molecular flexibility index (Phi) is 4.36. The summed E-state index contributed by atoms with van der Waals surface area (Å²) in [6.07, 6.45) is 4.57. The number of benzene rings is 1. The van der Waals surface area contributed by atoms with Gasteiger partial charge in [-0.15, -0.1) is 0 Å². The van der Waals surface area contributed by atoms with Gasteiger partial charge in [0.1, 0.15) is 11.6 Å². The monoisotopic (exact) mass is 283 g/mol. The zero-order valence-corrected chi connectivity index (χ0v) is 12.3.